The van der Waals surface area contributed by atoms with E-state index in [1.54, 1.807) is 16.9 Å². The van der Waals surface area contributed by atoms with Crippen LogP contribution in [-0.4, -0.2) is 62.5 Å². The van der Waals surface area contributed by atoms with Crippen molar-refractivity contribution in [3.63, 3.8) is 0 Å². The number of nitrogens with zero attached hydrogens (tertiary/aromatic N) is 4. The number of nitrogens with one attached hydrogen (secondary N) is 3. The van der Waals surface area contributed by atoms with Crippen LogP contribution in [0, 0.1) is 13.8 Å². The third-order valence-corrected chi connectivity index (χ3v) is 6.98. The van der Waals surface area contributed by atoms with Crippen molar-refractivity contribution in [2.45, 2.75) is 27.7 Å². The Balaban J connectivity index is 1.45. The molecule has 0 aliphatic carbocycles. The SMILES string of the molecule is CCN(CC)CCNC(=O)c1c(C)[nH]c(/C=C2\C(=O)Nc3ccc(-c4cnc5cccnn45)cc32)c1C. The van der Waals surface area contributed by atoms with E-state index in [1.807, 2.05) is 50.3 Å². The van der Waals surface area contributed by atoms with Crippen LogP contribution in [0.25, 0.3) is 28.6 Å². The molecule has 190 valence electrons. The summed E-state index contributed by atoms with van der Waals surface area (Å²) in [7, 11) is 0. The van der Waals surface area contributed by atoms with E-state index in [2.05, 4.69) is 44.4 Å². The summed E-state index contributed by atoms with van der Waals surface area (Å²) in [6.45, 7) is 11.3. The van der Waals surface area contributed by atoms with Gasteiger partial charge in [-0.15, -0.1) is 0 Å². The summed E-state index contributed by atoms with van der Waals surface area (Å²) >= 11 is 0. The number of carbonyl (C=O) groups is 2. The molecule has 0 atom stereocenters. The normalized spacial score (nSPS) is 14.0. The van der Waals surface area contributed by atoms with Gasteiger partial charge in [0.2, 0.25) is 0 Å². The number of amides is 2. The van der Waals surface area contributed by atoms with Crippen molar-refractivity contribution < 1.29 is 9.59 Å². The molecule has 0 spiro atoms. The Kier molecular flexibility index (Phi) is 6.62. The maximum atomic E-state index is 13.0. The highest BCUT2D eigenvalue weighted by Crippen LogP contribution is 2.37. The highest BCUT2D eigenvalue weighted by atomic mass is 16.2. The maximum absolute atomic E-state index is 13.0. The highest BCUT2D eigenvalue weighted by molar-refractivity contribution is 6.35. The first-order valence-electron chi connectivity index (χ1n) is 12.6. The van der Waals surface area contributed by atoms with Crippen molar-refractivity contribution in [2.75, 3.05) is 31.5 Å². The van der Waals surface area contributed by atoms with Gasteiger partial charge in [0.15, 0.2) is 5.65 Å². The number of aromatic amines is 1. The molecule has 37 heavy (non-hydrogen) atoms. The summed E-state index contributed by atoms with van der Waals surface area (Å²) < 4.78 is 1.78. The summed E-state index contributed by atoms with van der Waals surface area (Å²) in [5.41, 5.74) is 7.53. The molecule has 0 bridgehead atoms. The number of aryl methyl sites for hydroxylation is 1. The smallest absolute Gasteiger partial charge is 0.256 e. The van der Waals surface area contributed by atoms with Gasteiger partial charge in [-0.3, -0.25) is 9.59 Å². The zero-order chi connectivity index (χ0) is 26.1. The van der Waals surface area contributed by atoms with Gasteiger partial charge < -0.3 is 20.5 Å². The van der Waals surface area contributed by atoms with E-state index in [4.69, 9.17) is 0 Å². The lowest BCUT2D eigenvalue weighted by Crippen LogP contribution is -2.35. The monoisotopic (exact) mass is 497 g/mol. The number of hydrogen-bond acceptors (Lipinski definition) is 5. The summed E-state index contributed by atoms with van der Waals surface area (Å²) in [4.78, 5) is 35.9. The molecule has 3 aromatic heterocycles. The molecule has 2 amide bonds. The van der Waals surface area contributed by atoms with Crippen LogP contribution in [0.1, 0.15) is 46.7 Å². The zero-order valence-corrected chi connectivity index (χ0v) is 21.6. The number of fused-ring (bicyclic) bond motifs is 2. The van der Waals surface area contributed by atoms with Gasteiger partial charge in [-0.2, -0.15) is 5.10 Å². The molecule has 0 saturated carbocycles. The number of hydrogen-bond donors (Lipinski definition) is 3. The zero-order valence-electron chi connectivity index (χ0n) is 21.6. The Bertz CT molecular complexity index is 1520. The van der Waals surface area contributed by atoms with E-state index in [0.29, 0.717) is 17.7 Å². The third-order valence-electron chi connectivity index (χ3n) is 6.98. The van der Waals surface area contributed by atoms with E-state index in [-0.39, 0.29) is 11.8 Å². The molecule has 9 heteroatoms. The second-order valence-corrected chi connectivity index (χ2v) is 9.16. The lowest BCUT2D eigenvalue weighted by atomic mass is 10.0. The van der Waals surface area contributed by atoms with Crippen molar-refractivity contribution in [3.8, 4) is 11.3 Å². The molecular formula is C28H31N7O2. The lowest BCUT2D eigenvalue weighted by molar-refractivity contribution is -0.110. The van der Waals surface area contributed by atoms with Crippen molar-refractivity contribution in [1.29, 1.82) is 0 Å². The molecule has 0 radical (unpaired) electrons. The van der Waals surface area contributed by atoms with Crippen LogP contribution >= 0.6 is 0 Å². The molecular weight excluding hydrogens is 466 g/mol. The minimum Gasteiger partial charge on any atom is -0.358 e. The van der Waals surface area contributed by atoms with Crippen molar-refractivity contribution in [2.24, 2.45) is 0 Å². The first-order chi connectivity index (χ1) is 17.9. The Morgan fingerprint density at radius 1 is 1.19 bits per heavy atom. The average Bonchev–Trinajstić information content (AvgIpc) is 3.55. The molecule has 3 N–H and O–H groups in total. The molecule has 5 rings (SSSR count). The molecule has 1 aromatic carbocycles. The molecule has 1 aliphatic rings. The van der Waals surface area contributed by atoms with E-state index in [9.17, 15) is 9.59 Å². The minimum absolute atomic E-state index is 0.110. The number of anilines is 1. The highest BCUT2D eigenvalue weighted by Gasteiger charge is 2.26. The maximum Gasteiger partial charge on any atom is 0.256 e. The van der Waals surface area contributed by atoms with Crippen LogP contribution in [0.15, 0.2) is 42.7 Å². The number of H-pyrrole nitrogens is 1. The number of imidazole rings is 1. The predicted octanol–water partition coefficient (Wildman–Crippen LogP) is 3.91. The van der Waals surface area contributed by atoms with Crippen LogP contribution in [0.4, 0.5) is 5.69 Å². The van der Waals surface area contributed by atoms with Crippen molar-refractivity contribution in [3.05, 3.63) is 70.8 Å². The Morgan fingerprint density at radius 2 is 2.00 bits per heavy atom. The predicted molar refractivity (Wildman–Crippen MR) is 145 cm³/mol. The summed E-state index contributed by atoms with van der Waals surface area (Å²) in [6.07, 6.45) is 5.32. The lowest BCUT2D eigenvalue weighted by Gasteiger charge is -2.18. The fourth-order valence-corrected chi connectivity index (χ4v) is 4.88. The van der Waals surface area contributed by atoms with E-state index >= 15 is 0 Å². The second-order valence-electron chi connectivity index (χ2n) is 9.16. The number of likely N-dealkylation sites (N-methyl/N-ethyl adjacent to an activating group) is 1. The topological polar surface area (TPSA) is 107 Å². The van der Waals surface area contributed by atoms with Crippen LogP contribution in [0.2, 0.25) is 0 Å². The molecule has 1 aliphatic heterocycles. The van der Waals surface area contributed by atoms with Crippen molar-refractivity contribution >= 4 is 34.8 Å². The van der Waals surface area contributed by atoms with Crippen molar-refractivity contribution in [1.82, 2.24) is 29.8 Å². The molecule has 0 saturated heterocycles. The van der Waals surface area contributed by atoms with Gasteiger partial charge in [-0.05, 0) is 62.8 Å². The fourth-order valence-electron chi connectivity index (χ4n) is 4.88. The Hall–Kier alpha value is -4.24. The van der Waals surface area contributed by atoms with Gasteiger partial charge in [0, 0.05) is 47.5 Å². The van der Waals surface area contributed by atoms with E-state index in [1.165, 1.54) is 0 Å². The van der Waals surface area contributed by atoms with Gasteiger partial charge >= 0.3 is 0 Å². The molecule has 0 fully saturated rings. The first kappa shape index (κ1) is 24.5. The van der Waals surface area contributed by atoms with Gasteiger partial charge in [-0.25, -0.2) is 9.50 Å². The minimum atomic E-state index is -0.180. The summed E-state index contributed by atoms with van der Waals surface area (Å²) in [5, 5.41) is 10.4. The molecule has 9 nitrogen and oxygen atoms in total. The average molecular weight is 498 g/mol. The van der Waals surface area contributed by atoms with Crippen LogP contribution in [-0.2, 0) is 4.79 Å². The van der Waals surface area contributed by atoms with Crippen LogP contribution < -0.4 is 10.6 Å². The molecule has 4 heterocycles. The number of rotatable bonds is 8. The summed E-state index contributed by atoms with van der Waals surface area (Å²) in [5.74, 6) is -0.290. The number of carbonyl (C=O) groups excluding carboxylic acids is 2. The first-order valence-corrected chi connectivity index (χ1v) is 12.6. The van der Waals surface area contributed by atoms with E-state index < -0.39 is 0 Å². The van der Waals surface area contributed by atoms with E-state index in [0.717, 1.165) is 64.7 Å². The Morgan fingerprint density at radius 3 is 2.78 bits per heavy atom. The molecule has 4 aromatic rings. The van der Waals surface area contributed by atoms with Crippen LogP contribution in [0.5, 0.6) is 0 Å². The number of benzene rings is 1. The summed E-state index contributed by atoms with van der Waals surface area (Å²) in [6, 6.07) is 9.56. The largest absolute Gasteiger partial charge is 0.358 e. The van der Waals surface area contributed by atoms with Crippen LogP contribution in [0.3, 0.4) is 0 Å². The Labute approximate surface area is 215 Å². The number of aromatic nitrogens is 4. The quantitative estimate of drug-likeness (QED) is 0.320. The van der Waals surface area contributed by atoms with Gasteiger partial charge in [0.1, 0.15) is 0 Å². The van der Waals surface area contributed by atoms with Gasteiger partial charge in [0.05, 0.1) is 23.0 Å². The second kappa shape index (κ2) is 10.0. The molecule has 0 unspecified atom stereocenters. The fraction of sp³-hybridized carbons (Fsp3) is 0.286. The van der Waals surface area contributed by atoms with Gasteiger partial charge in [-0.1, -0.05) is 19.9 Å². The third kappa shape index (κ3) is 4.53. The van der Waals surface area contributed by atoms with Gasteiger partial charge in [0.25, 0.3) is 11.8 Å². The standard InChI is InChI=1S/C28H31N7O2/c1-5-34(6-2)13-12-29-28(37)26-17(3)23(32-18(26)4)15-21-20-14-19(9-10-22(20)33-27(21)36)24-16-30-25-8-7-11-31-35(24)25/h7-11,14-16,32H,5-6,12-13H2,1-4H3,(H,29,37)(H,33,36)/b21-15-.